The molecule has 4 rings (SSSR count). The van der Waals surface area contributed by atoms with E-state index in [-0.39, 0.29) is 5.91 Å². The SMILES string of the molecule is CCc1cc2c(N3CCN(C(=O)c4ccc(Br)cc4)CC3)ncnc2s1. The van der Waals surface area contributed by atoms with E-state index in [0.29, 0.717) is 13.1 Å². The molecule has 1 aliphatic heterocycles. The second-order valence-corrected chi connectivity index (χ2v) is 8.30. The van der Waals surface area contributed by atoms with E-state index >= 15 is 0 Å². The van der Waals surface area contributed by atoms with Crippen molar-refractivity contribution in [1.82, 2.24) is 14.9 Å². The van der Waals surface area contributed by atoms with Gasteiger partial charge in [0.05, 0.1) is 5.39 Å². The van der Waals surface area contributed by atoms with Gasteiger partial charge in [0.2, 0.25) is 0 Å². The Morgan fingerprint density at radius 1 is 1.15 bits per heavy atom. The normalized spacial score (nSPS) is 14.8. The molecule has 0 spiro atoms. The maximum absolute atomic E-state index is 12.7. The molecule has 0 atom stereocenters. The Morgan fingerprint density at radius 2 is 1.88 bits per heavy atom. The average molecular weight is 431 g/mol. The summed E-state index contributed by atoms with van der Waals surface area (Å²) < 4.78 is 0.980. The predicted octanol–water partition coefficient (Wildman–Crippen LogP) is 3.98. The number of benzene rings is 1. The van der Waals surface area contributed by atoms with Crippen LogP contribution in [-0.4, -0.2) is 47.0 Å². The number of fused-ring (bicyclic) bond motifs is 1. The van der Waals surface area contributed by atoms with E-state index in [0.717, 1.165) is 45.6 Å². The van der Waals surface area contributed by atoms with E-state index < -0.39 is 0 Å². The zero-order chi connectivity index (χ0) is 18.1. The van der Waals surface area contributed by atoms with Crippen LogP contribution in [0.1, 0.15) is 22.2 Å². The lowest BCUT2D eigenvalue weighted by Crippen LogP contribution is -2.49. The minimum absolute atomic E-state index is 0.0915. The number of halogens is 1. The summed E-state index contributed by atoms with van der Waals surface area (Å²) in [6.45, 7) is 5.12. The van der Waals surface area contributed by atoms with Crippen molar-refractivity contribution >= 4 is 49.2 Å². The lowest BCUT2D eigenvalue weighted by molar-refractivity contribution is 0.0746. The van der Waals surface area contributed by atoms with Crippen LogP contribution < -0.4 is 4.90 Å². The number of carbonyl (C=O) groups excluding carboxylic acids is 1. The van der Waals surface area contributed by atoms with Crippen LogP contribution in [0.2, 0.25) is 0 Å². The van der Waals surface area contributed by atoms with E-state index in [2.05, 4.69) is 43.8 Å². The van der Waals surface area contributed by atoms with Crippen molar-refractivity contribution in [2.24, 2.45) is 0 Å². The molecule has 5 nitrogen and oxygen atoms in total. The number of hydrogen-bond donors (Lipinski definition) is 0. The molecule has 0 radical (unpaired) electrons. The van der Waals surface area contributed by atoms with Crippen molar-refractivity contribution in [1.29, 1.82) is 0 Å². The Morgan fingerprint density at radius 3 is 2.58 bits per heavy atom. The third-order valence-electron chi connectivity index (χ3n) is 4.67. The average Bonchev–Trinajstić information content (AvgIpc) is 3.11. The molecule has 3 aromatic rings. The van der Waals surface area contributed by atoms with Crippen LogP contribution >= 0.6 is 27.3 Å². The molecule has 0 N–H and O–H groups in total. The number of thiophene rings is 1. The lowest BCUT2D eigenvalue weighted by atomic mass is 10.2. The fraction of sp³-hybridized carbons (Fsp3) is 0.316. The third-order valence-corrected chi connectivity index (χ3v) is 6.38. The molecule has 0 bridgehead atoms. The molecule has 0 unspecified atom stereocenters. The summed E-state index contributed by atoms with van der Waals surface area (Å²) in [5, 5.41) is 1.13. The van der Waals surface area contributed by atoms with Crippen LogP contribution in [0.3, 0.4) is 0 Å². The quantitative estimate of drug-likeness (QED) is 0.630. The van der Waals surface area contributed by atoms with Crippen LogP contribution in [0.4, 0.5) is 5.82 Å². The molecular formula is C19H19BrN4OS. The smallest absolute Gasteiger partial charge is 0.253 e. The Bertz CT molecular complexity index is 932. The first-order valence-electron chi connectivity index (χ1n) is 8.69. The minimum Gasteiger partial charge on any atom is -0.352 e. The van der Waals surface area contributed by atoms with E-state index in [1.54, 1.807) is 17.7 Å². The van der Waals surface area contributed by atoms with Gasteiger partial charge in [-0.3, -0.25) is 4.79 Å². The number of piperazine rings is 1. The second-order valence-electron chi connectivity index (χ2n) is 6.27. The van der Waals surface area contributed by atoms with Crippen molar-refractivity contribution in [3.63, 3.8) is 0 Å². The van der Waals surface area contributed by atoms with Crippen LogP contribution in [0.25, 0.3) is 10.2 Å². The summed E-state index contributed by atoms with van der Waals surface area (Å²) in [6, 6.07) is 9.75. The van der Waals surface area contributed by atoms with Crippen LogP contribution in [0.15, 0.2) is 41.1 Å². The highest BCUT2D eigenvalue weighted by molar-refractivity contribution is 9.10. The van der Waals surface area contributed by atoms with Gasteiger partial charge in [-0.1, -0.05) is 22.9 Å². The van der Waals surface area contributed by atoms with Crippen molar-refractivity contribution in [3.8, 4) is 0 Å². The molecule has 7 heteroatoms. The molecule has 0 aliphatic carbocycles. The van der Waals surface area contributed by atoms with Gasteiger partial charge in [0.15, 0.2) is 0 Å². The number of aryl methyl sites for hydroxylation is 1. The number of rotatable bonds is 3. The molecule has 1 amide bonds. The second kappa shape index (κ2) is 7.32. The minimum atomic E-state index is 0.0915. The summed E-state index contributed by atoms with van der Waals surface area (Å²) in [4.78, 5) is 28.2. The fourth-order valence-electron chi connectivity index (χ4n) is 3.22. The molecule has 26 heavy (non-hydrogen) atoms. The molecule has 134 valence electrons. The van der Waals surface area contributed by atoms with E-state index in [1.807, 2.05) is 29.2 Å². The molecule has 3 heterocycles. The van der Waals surface area contributed by atoms with Gasteiger partial charge in [-0.15, -0.1) is 11.3 Å². The molecule has 0 saturated carbocycles. The number of hydrogen-bond acceptors (Lipinski definition) is 5. The highest BCUT2D eigenvalue weighted by atomic mass is 79.9. The maximum Gasteiger partial charge on any atom is 0.253 e. The first-order valence-corrected chi connectivity index (χ1v) is 10.3. The van der Waals surface area contributed by atoms with Crippen LogP contribution in [0, 0.1) is 0 Å². The molecular weight excluding hydrogens is 412 g/mol. The maximum atomic E-state index is 12.7. The Kier molecular flexibility index (Phi) is 4.91. The van der Waals surface area contributed by atoms with Crippen LogP contribution in [-0.2, 0) is 6.42 Å². The number of amides is 1. The van der Waals surface area contributed by atoms with Gasteiger partial charge >= 0.3 is 0 Å². The van der Waals surface area contributed by atoms with Crippen molar-refractivity contribution < 1.29 is 4.79 Å². The molecule has 1 aromatic carbocycles. The number of anilines is 1. The van der Waals surface area contributed by atoms with Crippen molar-refractivity contribution in [2.75, 3.05) is 31.1 Å². The van der Waals surface area contributed by atoms with Gasteiger partial charge in [-0.25, -0.2) is 9.97 Å². The summed E-state index contributed by atoms with van der Waals surface area (Å²) in [5.41, 5.74) is 0.733. The number of nitrogens with zero attached hydrogens (tertiary/aromatic N) is 4. The largest absolute Gasteiger partial charge is 0.352 e. The standard InChI is InChI=1S/C19H19BrN4OS/c1-2-15-11-16-17(21-12-22-18(16)26-15)23-7-9-24(10-8-23)19(25)13-3-5-14(20)6-4-13/h3-6,11-12H,2,7-10H2,1H3. The fourth-order valence-corrected chi connectivity index (χ4v) is 4.41. The van der Waals surface area contributed by atoms with Gasteiger partial charge in [0, 0.05) is 41.1 Å². The van der Waals surface area contributed by atoms with Crippen molar-refractivity contribution in [3.05, 3.63) is 51.6 Å². The van der Waals surface area contributed by atoms with E-state index in [1.165, 1.54) is 4.88 Å². The zero-order valence-corrected chi connectivity index (χ0v) is 16.9. The number of aromatic nitrogens is 2. The molecule has 2 aromatic heterocycles. The molecule has 1 fully saturated rings. The van der Waals surface area contributed by atoms with Gasteiger partial charge < -0.3 is 9.80 Å². The highest BCUT2D eigenvalue weighted by Crippen LogP contribution is 2.31. The van der Waals surface area contributed by atoms with Gasteiger partial charge in [0.25, 0.3) is 5.91 Å². The summed E-state index contributed by atoms with van der Waals surface area (Å²) in [6.07, 6.45) is 2.66. The Hall–Kier alpha value is -1.99. The Balaban J connectivity index is 1.49. The zero-order valence-electron chi connectivity index (χ0n) is 14.5. The van der Waals surface area contributed by atoms with E-state index in [4.69, 9.17) is 0 Å². The predicted molar refractivity (Wildman–Crippen MR) is 109 cm³/mol. The van der Waals surface area contributed by atoms with Crippen molar-refractivity contribution in [2.45, 2.75) is 13.3 Å². The molecule has 1 saturated heterocycles. The Labute approximate surface area is 164 Å². The van der Waals surface area contributed by atoms with Gasteiger partial charge in [-0.2, -0.15) is 0 Å². The topological polar surface area (TPSA) is 49.3 Å². The summed E-state index contributed by atoms with van der Waals surface area (Å²) >= 11 is 5.14. The summed E-state index contributed by atoms with van der Waals surface area (Å²) in [7, 11) is 0. The van der Waals surface area contributed by atoms with Gasteiger partial charge in [-0.05, 0) is 36.8 Å². The molecule has 1 aliphatic rings. The van der Waals surface area contributed by atoms with Gasteiger partial charge in [0.1, 0.15) is 17.0 Å². The first kappa shape index (κ1) is 17.4. The lowest BCUT2D eigenvalue weighted by Gasteiger charge is -2.35. The first-order chi connectivity index (χ1) is 12.7. The van der Waals surface area contributed by atoms with Crippen LogP contribution in [0.5, 0.6) is 0 Å². The highest BCUT2D eigenvalue weighted by Gasteiger charge is 2.24. The number of carbonyl (C=O) groups is 1. The third kappa shape index (κ3) is 3.33. The summed E-state index contributed by atoms with van der Waals surface area (Å²) in [5.74, 6) is 1.08. The monoisotopic (exact) mass is 430 g/mol. The van der Waals surface area contributed by atoms with E-state index in [9.17, 15) is 4.79 Å².